The Bertz CT molecular complexity index is 1300. The van der Waals surface area contributed by atoms with Crippen molar-refractivity contribution < 1.29 is 14.3 Å². The van der Waals surface area contributed by atoms with Gasteiger partial charge in [0.25, 0.3) is 5.91 Å². The number of para-hydroxylation sites is 1. The molecule has 31 heavy (non-hydrogen) atoms. The van der Waals surface area contributed by atoms with Crippen LogP contribution in [0.25, 0.3) is 16.7 Å². The van der Waals surface area contributed by atoms with Gasteiger partial charge in [-0.25, -0.2) is 9.78 Å². The first-order chi connectivity index (χ1) is 15.0. The quantitative estimate of drug-likeness (QED) is 0.421. The summed E-state index contributed by atoms with van der Waals surface area (Å²) in [7, 11) is 0. The highest BCUT2D eigenvalue weighted by atomic mass is 35.5. The molecule has 0 saturated carbocycles. The van der Waals surface area contributed by atoms with Crippen molar-refractivity contribution in [3.63, 3.8) is 0 Å². The van der Waals surface area contributed by atoms with Crippen LogP contribution in [-0.2, 0) is 4.74 Å². The van der Waals surface area contributed by atoms with Crippen molar-refractivity contribution in [1.82, 2.24) is 14.8 Å². The van der Waals surface area contributed by atoms with E-state index in [0.29, 0.717) is 10.8 Å². The Hall–Kier alpha value is -3.42. The lowest BCUT2D eigenvalue weighted by Gasteiger charge is -2.11. The fourth-order valence-corrected chi connectivity index (χ4v) is 3.29. The van der Waals surface area contributed by atoms with Crippen molar-refractivity contribution in [2.24, 2.45) is 0 Å². The third-order valence-electron chi connectivity index (χ3n) is 4.48. The number of aromatic nitrogens is 3. The summed E-state index contributed by atoms with van der Waals surface area (Å²) in [5, 5.41) is 8.51. The molecule has 0 aliphatic heterocycles. The molecule has 0 unspecified atom stereocenters. The molecule has 2 aromatic carbocycles. The number of hydrogen-bond donors (Lipinski definition) is 1. The van der Waals surface area contributed by atoms with Gasteiger partial charge in [-0.05, 0) is 43.3 Å². The van der Waals surface area contributed by atoms with Crippen LogP contribution in [0.2, 0.25) is 10.0 Å². The molecule has 2 heterocycles. The van der Waals surface area contributed by atoms with Crippen molar-refractivity contribution in [3.05, 3.63) is 82.0 Å². The largest absolute Gasteiger partial charge is 0.462 e. The normalized spacial score (nSPS) is 10.8. The zero-order valence-electron chi connectivity index (χ0n) is 16.3. The number of ether oxygens (including phenoxy) is 1. The van der Waals surface area contributed by atoms with Crippen molar-refractivity contribution in [2.75, 3.05) is 11.9 Å². The van der Waals surface area contributed by atoms with E-state index in [1.165, 1.54) is 29.1 Å². The van der Waals surface area contributed by atoms with Crippen molar-refractivity contribution in [3.8, 4) is 5.82 Å². The van der Waals surface area contributed by atoms with Crippen LogP contribution in [0.4, 0.5) is 5.82 Å². The van der Waals surface area contributed by atoms with E-state index in [1.807, 2.05) is 30.3 Å². The molecule has 7 nitrogen and oxygen atoms in total. The third kappa shape index (κ3) is 4.23. The van der Waals surface area contributed by atoms with Crippen LogP contribution in [0.3, 0.4) is 0 Å². The summed E-state index contributed by atoms with van der Waals surface area (Å²) in [5.41, 5.74) is 1.11. The van der Waals surface area contributed by atoms with Gasteiger partial charge in [-0.3, -0.25) is 4.79 Å². The lowest BCUT2D eigenvalue weighted by atomic mass is 10.2. The predicted octanol–water partition coefficient (Wildman–Crippen LogP) is 5.16. The lowest BCUT2D eigenvalue weighted by molar-refractivity contribution is 0.0527. The number of benzene rings is 2. The molecule has 2 aromatic heterocycles. The van der Waals surface area contributed by atoms with Crippen molar-refractivity contribution >= 4 is 51.8 Å². The molecule has 1 N–H and O–H groups in total. The van der Waals surface area contributed by atoms with Gasteiger partial charge in [0.15, 0.2) is 11.6 Å². The number of nitrogens with one attached hydrogen (secondary N) is 1. The number of anilines is 1. The molecular formula is C22H16Cl2N4O3. The van der Waals surface area contributed by atoms with Gasteiger partial charge >= 0.3 is 5.97 Å². The number of carbonyl (C=O) groups excluding carboxylic acids is 2. The minimum absolute atomic E-state index is 0.102. The Morgan fingerprint density at radius 2 is 1.87 bits per heavy atom. The SMILES string of the molecule is CCOC(=O)c1cnn(-c2ccc3ccccc3n2)c1NC(=O)c1ccc(Cl)c(Cl)c1. The average molecular weight is 455 g/mol. The fraction of sp³-hybridized carbons (Fsp3) is 0.0909. The molecule has 0 spiro atoms. The van der Waals surface area contributed by atoms with E-state index in [2.05, 4.69) is 15.4 Å². The van der Waals surface area contributed by atoms with Gasteiger partial charge in [-0.1, -0.05) is 41.4 Å². The van der Waals surface area contributed by atoms with Crippen molar-refractivity contribution in [2.45, 2.75) is 6.92 Å². The second-order valence-corrected chi connectivity index (χ2v) is 7.30. The number of pyridine rings is 1. The molecule has 4 rings (SSSR count). The molecule has 0 saturated heterocycles. The van der Waals surface area contributed by atoms with Gasteiger partial charge in [-0.2, -0.15) is 9.78 Å². The van der Waals surface area contributed by atoms with Gasteiger partial charge in [0.05, 0.1) is 28.4 Å². The maximum Gasteiger partial charge on any atom is 0.343 e. The Kier molecular flexibility index (Phi) is 5.88. The second kappa shape index (κ2) is 8.75. The van der Waals surface area contributed by atoms with E-state index in [4.69, 9.17) is 27.9 Å². The predicted molar refractivity (Wildman–Crippen MR) is 119 cm³/mol. The van der Waals surface area contributed by atoms with E-state index in [-0.39, 0.29) is 28.6 Å². The van der Waals surface area contributed by atoms with Gasteiger partial charge in [0.1, 0.15) is 5.56 Å². The number of hydrogen-bond acceptors (Lipinski definition) is 5. The van der Waals surface area contributed by atoms with E-state index in [9.17, 15) is 9.59 Å². The smallest absolute Gasteiger partial charge is 0.343 e. The van der Waals surface area contributed by atoms with Gasteiger partial charge in [0.2, 0.25) is 0 Å². The maximum atomic E-state index is 12.9. The van der Waals surface area contributed by atoms with Gasteiger partial charge < -0.3 is 10.1 Å². The maximum absolute atomic E-state index is 12.9. The molecule has 0 radical (unpaired) electrons. The number of halogens is 2. The molecule has 0 aliphatic rings. The van der Waals surface area contributed by atoms with E-state index < -0.39 is 11.9 Å². The van der Waals surface area contributed by atoms with Gasteiger partial charge in [0, 0.05) is 10.9 Å². The number of nitrogens with zero attached hydrogens (tertiary/aromatic N) is 3. The molecule has 9 heteroatoms. The highest BCUT2D eigenvalue weighted by molar-refractivity contribution is 6.42. The van der Waals surface area contributed by atoms with E-state index in [1.54, 1.807) is 13.0 Å². The monoisotopic (exact) mass is 454 g/mol. The molecule has 4 aromatic rings. The number of rotatable bonds is 5. The molecule has 0 fully saturated rings. The van der Waals surface area contributed by atoms with E-state index >= 15 is 0 Å². The third-order valence-corrected chi connectivity index (χ3v) is 5.22. The summed E-state index contributed by atoms with van der Waals surface area (Å²) in [6.45, 7) is 1.87. The molecule has 0 bridgehead atoms. The lowest BCUT2D eigenvalue weighted by Crippen LogP contribution is -2.18. The van der Waals surface area contributed by atoms with Crippen LogP contribution in [0, 0.1) is 0 Å². The molecule has 0 aliphatic carbocycles. The summed E-state index contributed by atoms with van der Waals surface area (Å²) >= 11 is 12.0. The van der Waals surface area contributed by atoms with E-state index in [0.717, 1.165) is 10.9 Å². The summed E-state index contributed by atoms with van der Waals surface area (Å²) in [6.07, 6.45) is 1.33. The number of esters is 1. The second-order valence-electron chi connectivity index (χ2n) is 6.48. The van der Waals surface area contributed by atoms with Crippen LogP contribution < -0.4 is 5.32 Å². The van der Waals surface area contributed by atoms with Crippen LogP contribution in [0.1, 0.15) is 27.6 Å². The minimum Gasteiger partial charge on any atom is -0.462 e. The first-order valence-electron chi connectivity index (χ1n) is 9.35. The van der Waals surface area contributed by atoms with Gasteiger partial charge in [-0.15, -0.1) is 0 Å². The molecule has 1 amide bonds. The van der Waals surface area contributed by atoms with Crippen molar-refractivity contribution in [1.29, 1.82) is 0 Å². The summed E-state index contributed by atoms with van der Waals surface area (Å²) in [6, 6.07) is 15.7. The number of fused-ring (bicyclic) bond motifs is 1. The highest BCUT2D eigenvalue weighted by Gasteiger charge is 2.23. The minimum atomic E-state index is -0.612. The van der Waals surface area contributed by atoms with Crippen LogP contribution in [0.5, 0.6) is 0 Å². The topological polar surface area (TPSA) is 86.1 Å². The number of carbonyl (C=O) groups is 2. The zero-order valence-corrected chi connectivity index (χ0v) is 17.8. The average Bonchev–Trinajstić information content (AvgIpc) is 3.19. The fourth-order valence-electron chi connectivity index (χ4n) is 2.99. The van der Waals surface area contributed by atoms with Crippen LogP contribution >= 0.6 is 23.2 Å². The zero-order chi connectivity index (χ0) is 22.0. The molecular weight excluding hydrogens is 439 g/mol. The molecule has 156 valence electrons. The van der Waals surface area contributed by atoms with Crippen LogP contribution in [-0.4, -0.2) is 33.2 Å². The Morgan fingerprint density at radius 1 is 1.06 bits per heavy atom. The first-order valence-corrected chi connectivity index (χ1v) is 10.1. The summed E-state index contributed by atoms with van der Waals surface area (Å²) < 4.78 is 6.49. The first kappa shape index (κ1) is 20.8. The summed E-state index contributed by atoms with van der Waals surface area (Å²) in [5.74, 6) is -0.540. The molecule has 0 atom stereocenters. The summed E-state index contributed by atoms with van der Waals surface area (Å²) in [4.78, 5) is 29.9. The van der Waals surface area contributed by atoms with Crippen LogP contribution in [0.15, 0.2) is 60.8 Å². The number of amides is 1. The highest BCUT2D eigenvalue weighted by Crippen LogP contribution is 2.25. The Morgan fingerprint density at radius 3 is 2.65 bits per heavy atom. The Balaban J connectivity index is 1.77. The standard InChI is InChI=1S/C22H16Cl2N4O3/c1-2-31-22(30)15-12-25-28(19-10-8-13-5-3-4-6-18(13)26-19)20(15)27-21(29)14-7-9-16(23)17(24)11-14/h3-12H,2H2,1H3,(H,27,29). The Labute approximate surface area is 187 Å².